The van der Waals surface area contributed by atoms with Crippen LogP contribution in [0.3, 0.4) is 0 Å². The van der Waals surface area contributed by atoms with E-state index >= 15 is 0 Å². The van der Waals surface area contributed by atoms with Crippen LogP contribution in [0.1, 0.15) is 33.6 Å². The van der Waals surface area contributed by atoms with Crippen molar-refractivity contribution in [3.8, 4) is 5.88 Å². The number of thiophene rings is 1. The van der Waals surface area contributed by atoms with Crippen molar-refractivity contribution in [2.45, 2.75) is 18.9 Å². The highest BCUT2D eigenvalue weighted by molar-refractivity contribution is 7.14. The molecule has 1 saturated heterocycles. The van der Waals surface area contributed by atoms with Gasteiger partial charge in [0.05, 0.1) is 31.5 Å². The maximum Gasteiger partial charge on any atom is 0.340 e. The predicted octanol–water partition coefficient (Wildman–Crippen LogP) is 2.74. The van der Waals surface area contributed by atoms with E-state index in [1.807, 2.05) is 0 Å². The number of hydrogen-bond donors (Lipinski definition) is 1. The van der Waals surface area contributed by atoms with Crippen molar-refractivity contribution in [2.75, 3.05) is 25.6 Å². The normalized spacial score (nSPS) is 14.8. The Kier molecular flexibility index (Phi) is 5.62. The number of pyridine rings is 1. The van der Waals surface area contributed by atoms with Crippen molar-refractivity contribution < 1.29 is 23.8 Å². The molecule has 1 amide bonds. The molecule has 2 aromatic rings. The second-order valence-electron chi connectivity index (χ2n) is 5.42. The zero-order valence-electron chi connectivity index (χ0n) is 13.7. The number of ether oxygens (including phenoxy) is 3. The Labute approximate surface area is 148 Å². The van der Waals surface area contributed by atoms with Crippen molar-refractivity contribution in [1.29, 1.82) is 0 Å². The fraction of sp³-hybridized carbons (Fsp3) is 0.353. The summed E-state index contributed by atoms with van der Waals surface area (Å²) in [4.78, 5) is 28.1. The highest BCUT2D eigenvalue weighted by Crippen LogP contribution is 2.25. The van der Waals surface area contributed by atoms with Crippen LogP contribution in [0.25, 0.3) is 0 Å². The number of methoxy groups -OCH3 is 1. The molecule has 1 fully saturated rings. The number of esters is 1. The number of carbonyl (C=O) groups excluding carboxylic acids is 2. The van der Waals surface area contributed by atoms with E-state index in [-0.39, 0.29) is 12.0 Å². The van der Waals surface area contributed by atoms with Gasteiger partial charge < -0.3 is 19.5 Å². The van der Waals surface area contributed by atoms with E-state index in [0.29, 0.717) is 35.2 Å². The maximum absolute atomic E-state index is 12.3. The first-order valence-electron chi connectivity index (χ1n) is 7.85. The Bertz CT molecular complexity index is 738. The summed E-state index contributed by atoms with van der Waals surface area (Å²) >= 11 is 1.25. The first kappa shape index (κ1) is 17.4. The zero-order chi connectivity index (χ0) is 17.6. The number of rotatable bonds is 5. The molecule has 0 bridgehead atoms. The van der Waals surface area contributed by atoms with E-state index in [9.17, 15) is 9.59 Å². The van der Waals surface area contributed by atoms with Gasteiger partial charge in [-0.25, -0.2) is 9.78 Å². The Morgan fingerprint density at radius 1 is 1.28 bits per heavy atom. The van der Waals surface area contributed by atoms with E-state index in [4.69, 9.17) is 9.47 Å². The molecule has 0 spiro atoms. The molecule has 0 aromatic carbocycles. The van der Waals surface area contributed by atoms with Crippen LogP contribution in [0.2, 0.25) is 0 Å². The number of carbonyl (C=O) groups is 2. The fourth-order valence-corrected chi connectivity index (χ4v) is 3.17. The zero-order valence-corrected chi connectivity index (χ0v) is 14.5. The molecule has 0 radical (unpaired) electrons. The Morgan fingerprint density at radius 2 is 2.08 bits per heavy atom. The molecule has 0 saturated carbocycles. The van der Waals surface area contributed by atoms with Gasteiger partial charge in [-0.05, 0) is 17.5 Å². The van der Waals surface area contributed by atoms with Gasteiger partial charge in [0.25, 0.3) is 5.91 Å². The summed E-state index contributed by atoms with van der Waals surface area (Å²) in [6.45, 7) is 1.38. The van der Waals surface area contributed by atoms with Crippen molar-refractivity contribution in [3.63, 3.8) is 0 Å². The molecule has 1 aliphatic heterocycles. The summed E-state index contributed by atoms with van der Waals surface area (Å²) in [6.07, 6.45) is 3.21. The summed E-state index contributed by atoms with van der Waals surface area (Å²) < 4.78 is 15.8. The molecule has 0 unspecified atom stereocenters. The SMILES string of the molecule is COC(=O)c1ccsc1NC(=O)c1ccc(OC2CCOCC2)nc1. The van der Waals surface area contributed by atoms with Crippen LogP contribution in [0.5, 0.6) is 5.88 Å². The van der Waals surface area contributed by atoms with Crippen LogP contribution >= 0.6 is 11.3 Å². The van der Waals surface area contributed by atoms with Gasteiger partial charge in [0.15, 0.2) is 0 Å². The molecule has 7 nitrogen and oxygen atoms in total. The summed E-state index contributed by atoms with van der Waals surface area (Å²) in [5.41, 5.74) is 0.705. The number of hydrogen-bond acceptors (Lipinski definition) is 7. The number of nitrogens with zero attached hydrogens (tertiary/aromatic N) is 1. The lowest BCUT2D eigenvalue weighted by molar-refractivity contribution is 0.0237. The Balaban J connectivity index is 1.63. The summed E-state index contributed by atoms with van der Waals surface area (Å²) in [5, 5.41) is 4.86. The standard InChI is InChI=1S/C17H18N2O5S/c1-22-17(21)13-6-9-25-16(13)19-15(20)11-2-3-14(18-10-11)24-12-4-7-23-8-5-12/h2-3,6,9-10,12H,4-5,7-8H2,1H3,(H,19,20). The van der Waals surface area contributed by atoms with E-state index in [2.05, 4.69) is 15.0 Å². The van der Waals surface area contributed by atoms with E-state index < -0.39 is 5.97 Å². The van der Waals surface area contributed by atoms with Crippen LogP contribution in [0, 0.1) is 0 Å². The molecule has 1 aliphatic rings. The highest BCUT2D eigenvalue weighted by atomic mass is 32.1. The summed E-state index contributed by atoms with van der Waals surface area (Å²) in [5.74, 6) is -0.359. The van der Waals surface area contributed by atoms with E-state index in [1.54, 1.807) is 23.6 Å². The molecule has 1 N–H and O–H groups in total. The second kappa shape index (κ2) is 8.09. The minimum Gasteiger partial charge on any atom is -0.474 e. The second-order valence-corrected chi connectivity index (χ2v) is 6.34. The number of aromatic nitrogens is 1. The maximum atomic E-state index is 12.3. The first-order valence-corrected chi connectivity index (χ1v) is 8.73. The number of amides is 1. The van der Waals surface area contributed by atoms with Gasteiger partial charge in [0.2, 0.25) is 5.88 Å². The lowest BCUT2D eigenvalue weighted by atomic mass is 10.1. The van der Waals surface area contributed by atoms with Crippen LogP contribution in [0.15, 0.2) is 29.8 Å². The summed E-state index contributed by atoms with van der Waals surface area (Å²) in [6, 6.07) is 4.91. The topological polar surface area (TPSA) is 86.8 Å². The van der Waals surface area contributed by atoms with Gasteiger partial charge in [-0.3, -0.25) is 4.79 Å². The van der Waals surface area contributed by atoms with Gasteiger partial charge in [0.1, 0.15) is 11.1 Å². The average Bonchev–Trinajstić information content (AvgIpc) is 3.10. The number of nitrogens with one attached hydrogen (secondary N) is 1. The smallest absolute Gasteiger partial charge is 0.340 e. The van der Waals surface area contributed by atoms with Gasteiger partial charge in [-0.15, -0.1) is 11.3 Å². The monoisotopic (exact) mass is 362 g/mol. The van der Waals surface area contributed by atoms with Gasteiger partial charge >= 0.3 is 5.97 Å². The summed E-state index contributed by atoms with van der Waals surface area (Å²) in [7, 11) is 1.30. The highest BCUT2D eigenvalue weighted by Gasteiger charge is 2.18. The largest absolute Gasteiger partial charge is 0.474 e. The van der Waals surface area contributed by atoms with E-state index in [0.717, 1.165) is 12.8 Å². The number of anilines is 1. The lowest BCUT2D eigenvalue weighted by Gasteiger charge is -2.22. The van der Waals surface area contributed by atoms with E-state index in [1.165, 1.54) is 24.6 Å². The van der Waals surface area contributed by atoms with Crippen molar-refractivity contribution in [3.05, 3.63) is 40.9 Å². The molecule has 2 aromatic heterocycles. The van der Waals surface area contributed by atoms with Crippen molar-refractivity contribution in [1.82, 2.24) is 4.98 Å². The lowest BCUT2D eigenvalue weighted by Crippen LogP contribution is -2.26. The minimum absolute atomic E-state index is 0.0923. The van der Waals surface area contributed by atoms with Gasteiger partial charge in [0, 0.05) is 25.1 Å². The van der Waals surface area contributed by atoms with Crippen LogP contribution in [0.4, 0.5) is 5.00 Å². The van der Waals surface area contributed by atoms with Crippen molar-refractivity contribution >= 4 is 28.2 Å². The molecule has 3 rings (SSSR count). The molecule has 0 atom stereocenters. The molecular formula is C17H18N2O5S. The molecule has 3 heterocycles. The Morgan fingerprint density at radius 3 is 2.76 bits per heavy atom. The minimum atomic E-state index is -0.491. The third kappa shape index (κ3) is 4.34. The quantitative estimate of drug-likeness (QED) is 0.823. The third-order valence-electron chi connectivity index (χ3n) is 3.75. The van der Waals surface area contributed by atoms with Crippen LogP contribution in [-0.4, -0.2) is 43.3 Å². The Hall–Kier alpha value is -2.45. The first-order chi connectivity index (χ1) is 12.2. The predicted molar refractivity (Wildman–Crippen MR) is 92.3 cm³/mol. The van der Waals surface area contributed by atoms with Crippen LogP contribution < -0.4 is 10.1 Å². The van der Waals surface area contributed by atoms with Gasteiger partial charge in [-0.2, -0.15) is 0 Å². The average molecular weight is 362 g/mol. The third-order valence-corrected chi connectivity index (χ3v) is 4.58. The van der Waals surface area contributed by atoms with Crippen molar-refractivity contribution in [2.24, 2.45) is 0 Å². The molecule has 132 valence electrons. The van der Waals surface area contributed by atoms with Gasteiger partial charge in [-0.1, -0.05) is 0 Å². The molecule has 25 heavy (non-hydrogen) atoms. The van der Waals surface area contributed by atoms with Crippen LogP contribution in [-0.2, 0) is 9.47 Å². The molecular weight excluding hydrogens is 344 g/mol. The fourth-order valence-electron chi connectivity index (χ4n) is 2.40. The molecule has 0 aliphatic carbocycles. The molecule has 8 heteroatoms.